The van der Waals surface area contributed by atoms with Gasteiger partial charge in [0.05, 0.1) is 40.7 Å². The second-order valence-corrected chi connectivity index (χ2v) is 11.7. The van der Waals surface area contributed by atoms with Gasteiger partial charge in [0.1, 0.15) is 0 Å². The van der Waals surface area contributed by atoms with Crippen LogP contribution in [0.5, 0.6) is 0 Å². The highest BCUT2D eigenvalue weighted by molar-refractivity contribution is 7.19. The minimum atomic E-state index is -0.627. The van der Waals surface area contributed by atoms with Gasteiger partial charge in [-0.15, -0.1) is 11.3 Å². The molecule has 0 bridgehead atoms. The first-order valence-electron chi connectivity index (χ1n) is 13.1. The molecule has 200 valence electrons. The number of nitrogens with two attached hydrogens (primary N) is 1. The number of H-pyrrole nitrogens is 1. The number of thiophene rings is 1. The van der Waals surface area contributed by atoms with Crippen molar-refractivity contribution in [3.8, 4) is 11.4 Å². The highest BCUT2D eigenvalue weighted by Crippen LogP contribution is 2.37. The number of hydrogen-bond acceptors (Lipinski definition) is 9. The summed E-state index contributed by atoms with van der Waals surface area (Å²) in [6.07, 6.45) is 3.80. The summed E-state index contributed by atoms with van der Waals surface area (Å²) in [6, 6.07) is 4.29. The molecule has 2 aliphatic heterocycles. The van der Waals surface area contributed by atoms with Crippen LogP contribution in [0.4, 0.5) is 5.82 Å². The summed E-state index contributed by atoms with van der Waals surface area (Å²) in [5.41, 5.74) is 8.85. The fraction of sp³-hybridized carbons (Fsp3) is 0.481. The van der Waals surface area contributed by atoms with Crippen LogP contribution in [0.3, 0.4) is 0 Å². The van der Waals surface area contributed by atoms with E-state index in [9.17, 15) is 4.79 Å². The highest BCUT2D eigenvalue weighted by Gasteiger charge is 2.34. The minimum Gasteiger partial charge on any atom is -0.378 e. The van der Waals surface area contributed by atoms with E-state index in [-0.39, 0.29) is 5.91 Å². The van der Waals surface area contributed by atoms with Gasteiger partial charge in [-0.2, -0.15) is 0 Å². The zero-order chi connectivity index (χ0) is 26.4. The number of primary amides is 1. The van der Waals surface area contributed by atoms with Crippen LogP contribution >= 0.6 is 11.3 Å². The predicted molar refractivity (Wildman–Crippen MR) is 150 cm³/mol. The molecule has 0 atom stereocenters. The number of anilines is 1. The van der Waals surface area contributed by atoms with Crippen LogP contribution in [0.15, 0.2) is 24.5 Å². The average molecular weight is 535 g/mol. The third-order valence-corrected chi connectivity index (χ3v) is 8.99. The zero-order valence-corrected chi connectivity index (χ0v) is 23.0. The number of fused-ring (bicyclic) bond motifs is 2. The molecule has 11 heteroatoms. The quantitative estimate of drug-likeness (QED) is 0.388. The van der Waals surface area contributed by atoms with Crippen molar-refractivity contribution in [3.05, 3.63) is 35.1 Å². The van der Waals surface area contributed by atoms with E-state index in [0.717, 1.165) is 84.0 Å². The number of amides is 1. The maximum absolute atomic E-state index is 11.9. The summed E-state index contributed by atoms with van der Waals surface area (Å²) < 4.78 is 6.75. The number of nitrogens with one attached hydrogen (secondary N) is 1. The lowest BCUT2D eigenvalue weighted by Crippen LogP contribution is -2.59. The third kappa shape index (κ3) is 4.53. The van der Waals surface area contributed by atoms with Crippen LogP contribution in [-0.2, 0) is 16.1 Å². The van der Waals surface area contributed by atoms with E-state index in [1.54, 1.807) is 11.3 Å². The van der Waals surface area contributed by atoms with Crippen molar-refractivity contribution < 1.29 is 9.53 Å². The molecule has 1 amide bonds. The number of rotatable bonds is 6. The van der Waals surface area contributed by atoms with E-state index in [0.29, 0.717) is 19.0 Å². The predicted octanol–water partition coefficient (Wildman–Crippen LogP) is 2.76. The van der Waals surface area contributed by atoms with Crippen molar-refractivity contribution in [2.45, 2.75) is 32.9 Å². The summed E-state index contributed by atoms with van der Waals surface area (Å²) >= 11 is 1.78. The van der Waals surface area contributed by atoms with Crippen molar-refractivity contribution in [2.75, 3.05) is 57.4 Å². The van der Waals surface area contributed by atoms with Gasteiger partial charge in [-0.25, -0.2) is 9.97 Å². The first kappa shape index (κ1) is 25.2. The smallest absolute Gasteiger partial charge is 0.237 e. The fourth-order valence-electron chi connectivity index (χ4n) is 5.39. The van der Waals surface area contributed by atoms with Crippen molar-refractivity contribution >= 4 is 44.2 Å². The molecule has 3 N–H and O–H groups in total. The van der Waals surface area contributed by atoms with Gasteiger partial charge in [0, 0.05) is 73.5 Å². The van der Waals surface area contributed by atoms with E-state index in [4.69, 9.17) is 20.4 Å². The molecule has 0 saturated carbocycles. The normalized spacial score (nSPS) is 18.0. The van der Waals surface area contributed by atoms with Crippen molar-refractivity contribution in [2.24, 2.45) is 5.73 Å². The number of nitrogens with zero attached hydrogens (tertiary/aromatic N) is 6. The maximum Gasteiger partial charge on any atom is 0.237 e. The Bertz CT molecular complexity index is 1480. The van der Waals surface area contributed by atoms with Gasteiger partial charge in [0.25, 0.3) is 0 Å². The Labute approximate surface area is 225 Å². The van der Waals surface area contributed by atoms with Gasteiger partial charge >= 0.3 is 0 Å². The van der Waals surface area contributed by atoms with Crippen LogP contribution < -0.4 is 10.6 Å². The zero-order valence-electron chi connectivity index (χ0n) is 22.2. The SMILES string of the molecule is Cc1ncc2[nH]ccc2c1-c1nc(N2CCOCC2)c2sc(CN3CCN(C(C)(C)C(N)=O)CC3)cc2n1. The van der Waals surface area contributed by atoms with Crippen LogP contribution in [0.2, 0.25) is 0 Å². The number of pyridine rings is 1. The fourth-order valence-corrected chi connectivity index (χ4v) is 6.55. The largest absolute Gasteiger partial charge is 0.378 e. The van der Waals surface area contributed by atoms with Gasteiger partial charge in [-0.05, 0) is 32.9 Å². The third-order valence-electron chi connectivity index (χ3n) is 7.88. The van der Waals surface area contributed by atoms with Gasteiger partial charge in [0.2, 0.25) is 5.91 Å². The van der Waals surface area contributed by atoms with Gasteiger partial charge in [0.15, 0.2) is 11.6 Å². The standard InChI is InChI=1S/C27H34N8O2S/c1-17-22(19-4-5-29-21(19)15-30-17)24-31-20-14-18(38-23(20)25(32-24)34-10-12-37-13-11-34)16-33-6-8-35(9-7-33)27(2,3)26(28)36/h4-5,14-15,29H,6-13,16H2,1-3H3,(H2,28,36). The monoisotopic (exact) mass is 534 g/mol. The topological polar surface area (TPSA) is 117 Å². The molecule has 6 heterocycles. The van der Waals surface area contributed by atoms with Crippen molar-refractivity contribution in [3.63, 3.8) is 0 Å². The molecule has 0 unspecified atom stereocenters. The van der Waals surface area contributed by atoms with E-state index in [2.05, 4.69) is 36.8 Å². The molecule has 2 fully saturated rings. The molecule has 4 aromatic rings. The van der Waals surface area contributed by atoms with Crippen LogP contribution in [0, 0.1) is 6.92 Å². The Morgan fingerprint density at radius 2 is 1.92 bits per heavy atom. The number of piperazine rings is 1. The number of morpholine rings is 1. The average Bonchev–Trinajstić information content (AvgIpc) is 3.55. The summed E-state index contributed by atoms with van der Waals surface area (Å²) in [7, 11) is 0. The first-order chi connectivity index (χ1) is 18.3. The molecule has 4 aromatic heterocycles. The van der Waals surface area contributed by atoms with E-state index in [1.165, 1.54) is 4.88 Å². The number of aromatic nitrogens is 4. The lowest BCUT2D eigenvalue weighted by molar-refractivity contribution is -0.129. The molecule has 0 aromatic carbocycles. The summed E-state index contributed by atoms with van der Waals surface area (Å²) in [5, 5.41) is 1.08. The molecular weight excluding hydrogens is 500 g/mol. The number of carbonyl (C=O) groups is 1. The van der Waals surface area contributed by atoms with Gasteiger partial charge in [-0.1, -0.05) is 0 Å². The van der Waals surface area contributed by atoms with Crippen molar-refractivity contribution in [1.82, 2.24) is 29.7 Å². The maximum atomic E-state index is 11.9. The Morgan fingerprint density at radius 1 is 1.16 bits per heavy atom. The summed E-state index contributed by atoms with van der Waals surface area (Å²) in [4.78, 5) is 38.2. The number of ether oxygens (including phenoxy) is 1. The van der Waals surface area contributed by atoms with Crippen molar-refractivity contribution in [1.29, 1.82) is 0 Å². The molecule has 0 spiro atoms. The Morgan fingerprint density at radius 3 is 2.66 bits per heavy atom. The van der Waals surface area contributed by atoms with Gasteiger partial charge in [-0.3, -0.25) is 19.6 Å². The minimum absolute atomic E-state index is 0.277. The highest BCUT2D eigenvalue weighted by atomic mass is 32.1. The molecule has 2 saturated heterocycles. The molecule has 2 aliphatic rings. The Hall–Kier alpha value is -3.12. The molecule has 6 rings (SSSR count). The number of aromatic amines is 1. The summed E-state index contributed by atoms with van der Waals surface area (Å²) in [5.74, 6) is 1.41. The molecule has 10 nitrogen and oxygen atoms in total. The molecule has 38 heavy (non-hydrogen) atoms. The Balaban J connectivity index is 1.33. The number of aryl methyl sites for hydroxylation is 1. The number of carbonyl (C=O) groups excluding carboxylic acids is 1. The lowest BCUT2D eigenvalue weighted by Gasteiger charge is -2.42. The van der Waals surface area contributed by atoms with E-state index < -0.39 is 5.54 Å². The van der Waals surface area contributed by atoms with E-state index in [1.807, 2.05) is 33.2 Å². The van der Waals surface area contributed by atoms with Crippen LogP contribution in [0.1, 0.15) is 24.4 Å². The number of hydrogen-bond donors (Lipinski definition) is 2. The first-order valence-corrected chi connectivity index (χ1v) is 14.0. The second kappa shape index (κ2) is 9.88. The van der Waals surface area contributed by atoms with E-state index >= 15 is 0 Å². The molecule has 0 radical (unpaired) electrons. The van der Waals surface area contributed by atoms with Gasteiger partial charge < -0.3 is 20.4 Å². The Kier molecular flexibility index (Phi) is 6.55. The van der Waals surface area contributed by atoms with Crippen LogP contribution in [0.25, 0.3) is 32.5 Å². The molecular formula is C27H34N8O2S. The van der Waals surface area contributed by atoms with Crippen LogP contribution in [-0.4, -0.2) is 93.7 Å². The summed E-state index contributed by atoms with van der Waals surface area (Å²) in [6.45, 7) is 13.1. The molecule has 0 aliphatic carbocycles. The second-order valence-electron chi connectivity index (χ2n) is 10.6. The lowest BCUT2D eigenvalue weighted by atomic mass is 10.0.